The Kier molecular flexibility index (Phi) is 6.31. The zero-order valence-electron chi connectivity index (χ0n) is 25.3. The van der Waals surface area contributed by atoms with Crippen molar-refractivity contribution in [2.24, 2.45) is 0 Å². The van der Waals surface area contributed by atoms with Gasteiger partial charge in [-0.25, -0.2) is 0 Å². The molecule has 1 aliphatic rings. The number of allylic oxidation sites excluding steroid dienone is 4. The van der Waals surface area contributed by atoms with Gasteiger partial charge in [0.1, 0.15) is 11.2 Å². The molecule has 8 aromatic rings. The molecule has 9 rings (SSSR count). The van der Waals surface area contributed by atoms with E-state index in [4.69, 9.17) is 4.42 Å². The fraction of sp³-hybridized carbons (Fsp3) is 0.0455. The third-order valence-electron chi connectivity index (χ3n) is 9.35. The van der Waals surface area contributed by atoms with Crippen LogP contribution in [0.5, 0.6) is 0 Å². The molecular formula is C44H31NO. The van der Waals surface area contributed by atoms with Crippen LogP contribution in [-0.4, -0.2) is 0 Å². The summed E-state index contributed by atoms with van der Waals surface area (Å²) >= 11 is 0. The van der Waals surface area contributed by atoms with Crippen molar-refractivity contribution in [2.75, 3.05) is 4.90 Å². The summed E-state index contributed by atoms with van der Waals surface area (Å²) in [6.45, 7) is 0. The van der Waals surface area contributed by atoms with Gasteiger partial charge < -0.3 is 9.32 Å². The molecule has 0 fully saturated rings. The molecule has 2 heteroatoms. The molecule has 0 bridgehead atoms. The van der Waals surface area contributed by atoms with Gasteiger partial charge in [-0.3, -0.25) is 0 Å². The van der Waals surface area contributed by atoms with Gasteiger partial charge in [-0.05, 0) is 81.1 Å². The first-order valence-corrected chi connectivity index (χ1v) is 16.0. The van der Waals surface area contributed by atoms with Gasteiger partial charge >= 0.3 is 0 Å². The second-order valence-electron chi connectivity index (χ2n) is 12.1. The van der Waals surface area contributed by atoms with Crippen LogP contribution in [-0.2, 0) is 0 Å². The highest BCUT2D eigenvalue weighted by molar-refractivity contribution is 6.19. The number of rotatable bonds is 5. The van der Waals surface area contributed by atoms with E-state index in [0.29, 0.717) is 0 Å². The Balaban J connectivity index is 1.31. The van der Waals surface area contributed by atoms with E-state index in [2.05, 4.69) is 175 Å². The van der Waals surface area contributed by atoms with E-state index in [1.807, 2.05) is 0 Å². The van der Waals surface area contributed by atoms with Crippen LogP contribution in [0, 0.1) is 0 Å². The van der Waals surface area contributed by atoms with E-state index in [9.17, 15) is 0 Å². The minimum atomic E-state index is 0.232. The van der Waals surface area contributed by atoms with Crippen molar-refractivity contribution in [2.45, 2.75) is 12.3 Å². The normalized spacial score (nSPS) is 14.5. The number of benzene rings is 7. The molecule has 0 radical (unpaired) electrons. The highest BCUT2D eigenvalue weighted by Crippen LogP contribution is 2.46. The maximum absolute atomic E-state index is 6.65. The number of nitrogens with zero attached hydrogens (tertiary/aromatic N) is 1. The van der Waals surface area contributed by atoms with Gasteiger partial charge in [0.05, 0.1) is 5.69 Å². The smallest absolute Gasteiger partial charge is 0.137 e. The Morgan fingerprint density at radius 2 is 1.24 bits per heavy atom. The summed E-state index contributed by atoms with van der Waals surface area (Å²) in [5, 5.41) is 7.22. The molecule has 0 amide bonds. The largest absolute Gasteiger partial charge is 0.456 e. The molecule has 7 aromatic carbocycles. The number of furan rings is 1. The van der Waals surface area contributed by atoms with Gasteiger partial charge in [0.15, 0.2) is 0 Å². The molecule has 2 nitrogen and oxygen atoms in total. The van der Waals surface area contributed by atoms with Gasteiger partial charge in [-0.1, -0.05) is 127 Å². The molecule has 46 heavy (non-hydrogen) atoms. The Labute approximate surface area is 268 Å². The zero-order valence-corrected chi connectivity index (χ0v) is 25.3. The minimum Gasteiger partial charge on any atom is -0.456 e. The summed E-state index contributed by atoms with van der Waals surface area (Å²) in [6, 6.07) is 52.4. The van der Waals surface area contributed by atoms with E-state index in [1.54, 1.807) is 0 Å². The van der Waals surface area contributed by atoms with E-state index >= 15 is 0 Å². The highest BCUT2D eigenvalue weighted by Gasteiger charge is 2.24. The van der Waals surface area contributed by atoms with Gasteiger partial charge in [0, 0.05) is 34.1 Å². The molecule has 0 saturated heterocycles. The topological polar surface area (TPSA) is 16.4 Å². The lowest BCUT2D eigenvalue weighted by atomic mass is 9.89. The summed E-state index contributed by atoms with van der Waals surface area (Å²) in [5.41, 5.74) is 8.85. The van der Waals surface area contributed by atoms with Crippen LogP contribution in [0.15, 0.2) is 174 Å². The van der Waals surface area contributed by atoms with Crippen LogP contribution in [0.2, 0.25) is 0 Å². The van der Waals surface area contributed by atoms with Crippen LogP contribution in [0.1, 0.15) is 17.9 Å². The van der Waals surface area contributed by atoms with Gasteiger partial charge in [-0.15, -0.1) is 0 Å². The summed E-state index contributed by atoms with van der Waals surface area (Å²) < 4.78 is 6.65. The summed E-state index contributed by atoms with van der Waals surface area (Å²) in [7, 11) is 0. The number of fused-ring (bicyclic) bond motifs is 6. The lowest BCUT2D eigenvalue weighted by Gasteiger charge is -2.30. The SMILES string of the molecule is C1=CCC(c2cc3c(cc2N(c2ccc(-c4ccccc4)cc2)c2ccc4ccccc4c2)oc2ccc4ccccc4c23)C=C1. The van der Waals surface area contributed by atoms with Crippen LogP contribution in [0.25, 0.3) is 54.6 Å². The first-order valence-electron chi connectivity index (χ1n) is 16.0. The standard InChI is InChI=1S/C44H31NO/c1-3-11-30(12-4-1)32-19-23-36(24-20-32)45(37-25-21-31-13-7-8-17-35(31)27-37)41-29-43-40(28-39(41)33-14-5-2-6-15-33)44-38-18-10-9-16-34(38)22-26-42(44)46-43/h1-14,16-29,33H,15H2. The van der Waals surface area contributed by atoms with Crippen molar-refractivity contribution in [3.05, 3.63) is 175 Å². The molecule has 1 unspecified atom stereocenters. The Morgan fingerprint density at radius 1 is 0.522 bits per heavy atom. The van der Waals surface area contributed by atoms with Crippen LogP contribution >= 0.6 is 0 Å². The van der Waals surface area contributed by atoms with Crippen molar-refractivity contribution in [1.29, 1.82) is 0 Å². The average molecular weight is 590 g/mol. The van der Waals surface area contributed by atoms with E-state index in [-0.39, 0.29) is 5.92 Å². The predicted octanol–water partition coefficient (Wildman–Crippen LogP) is 12.6. The fourth-order valence-electron chi connectivity index (χ4n) is 7.08. The molecule has 1 heterocycles. The van der Waals surface area contributed by atoms with Crippen LogP contribution in [0.4, 0.5) is 17.1 Å². The summed E-state index contributed by atoms with van der Waals surface area (Å²) in [5.74, 6) is 0.232. The Hall–Kier alpha value is -5.86. The van der Waals surface area contributed by atoms with Crippen molar-refractivity contribution in [3.8, 4) is 11.1 Å². The van der Waals surface area contributed by atoms with E-state index in [0.717, 1.165) is 40.0 Å². The second-order valence-corrected chi connectivity index (χ2v) is 12.1. The third kappa shape index (κ3) is 4.50. The average Bonchev–Trinajstić information content (AvgIpc) is 3.50. The van der Waals surface area contributed by atoms with E-state index in [1.165, 1.54) is 43.6 Å². The van der Waals surface area contributed by atoms with E-state index < -0.39 is 0 Å². The van der Waals surface area contributed by atoms with Crippen molar-refractivity contribution in [1.82, 2.24) is 0 Å². The molecule has 218 valence electrons. The molecule has 0 aliphatic heterocycles. The summed E-state index contributed by atoms with van der Waals surface area (Å²) in [6.07, 6.45) is 9.89. The van der Waals surface area contributed by atoms with Crippen LogP contribution < -0.4 is 4.90 Å². The molecular weight excluding hydrogens is 558 g/mol. The van der Waals surface area contributed by atoms with Gasteiger partial charge in [0.25, 0.3) is 0 Å². The molecule has 0 saturated carbocycles. The quantitative estimate of drug-likeness (QED) is 0.199. The lowest BCUT2D eigenvalue weighted by Crippen LogP contribution is -2.14. The van der Waals surface area contributed by atoms with Crippen LogP contribution in [0.3, 0.4) is 0 Å². The summed E-state index contributed by atoms with van der Waals surface area (Å²) in [4.78, 5) is 2.41. The molecule has 1 atom stereocenters. The third-order valence-corrected chi connectivity index (χ3v) is 9.35. The van der Waals surface area contributed by atoms with Crippen molar-refractivity contribution in [3.63, 3.8) is 0 Å². The van der Waals surface area contributed by atoms with Crippen molar-refractivity contribution >= 4 is 60.5 Å². The maximum atomic E-state index is 6.65. The van der Waals surface area contributed by atoms with Gasteiger partial charge in [-0.2, -0.15) is 0 Å². The fourth-order valence-corrected chi connectivity index (χ4v) is 7.08. The number of hydrogen-bond acceptors (Lipinski definition) is 2. The first-order chi connectivity index (χ1) is 22.8. The highest BCUT2D eigenvalue weighted by atomic mass is 16.3. The molecule has 0 N–H and O–H groups in total. The monoisotopic (exact) mass is 589 g/mol. The molecule has 1 aromatic heterocycles. The number of hydrogen-bond donors (Lipinski definition) is 0. The molecule has 0 spiro atoms. The molecule has 1 aliphatic carbocycles. The zero-order chi connectivity index (χ0) is 30.5. The minimum absolute atomic E-state index is 0.232. The first kappa shape index (κ1) is 26.5. The Bertz CT molecular complexity index is 2450. The lowest BCUT2D eigenvalue weighted by molar-refractivity contribution is 0.669. The number of anilines is 3. The maximum Gasteiger partial charge on any atom is 0.137 e. The van der Waals surface area contributed by atoms with Crippen molar-refractivity contribution < 1.29 is 4.42 Å². The predicted molar refractivity (Wildman–Crippen MR) is 194 cm³/mol. The van der Waals surface area contributed by atoms with Gasteiger partial charge in [0.2, 0.25) is 0 Å². The Morgan fingerprint density at radius 3 is 2.07 bits per heavy atom. The second kappa shape index (κ2) is 10.9.